The number of fused-ring (bicyclic) bond motifs is 1. The number of rotatable bonds is 6. The number of aliphatic hydroxyl groups is 1. The first-order valence-electron chi connectivity index (χ1n) is 8.30. The summed E-state index contributed by atoms with van der Waals surface area (Å²) in [4.78, 5) is 11.7. The van der Waals surface area contributed by atoms with E-state index in [0.717, 1.165) is 22.2 Å². The molecule has 0 radical (unpaired) electrons. The van der Waals surface area contributed by atoms with Crippen molar-refractivity contribution >= 4 is 16.6 Å². The Balaban J connectivity index is 1.65. The highest BCUT2D eigenvalue weighted by atomic mass is 16.5. The lowest BCUT2D eigenvalue weighted by Crippen LogP contribution is -2.25. The number of carbonyl (C=O) groups excluding carboxylic acids is 1. The second kappa shape index (κ2) is 7.07. The molecule has 0 spiro atoms. The molecule has 0 saturated heterocycles. The van der Waals surface area contributed by atoms with Crippen LogP contribution in [0.25, 0.3) is 10.8 Å². The Morgan fingerprint density at radius 1 is 1.20 bits per heavy atom. The Bertz CT molecular complexity index is 914. The number of ether oxygens (including phenoxy) is 1. The van der Waals surface area contributed by atoms with Crippen LogP contribution in [0.4, 0.5) is 0 Å². The molecule has 1 atom stereocenters. The van der Waals surface area contributed by atoms with Gasteiger partial charge in [0, 0.05) is 5.69 Å². The molecule has 1 N–H and O–H groups in total. The second-order valence-corrected chi connectivity index (χ2v) is 6.26. The monoisotopic (exact) mass is 338 g/mol. The third-order valence-electron chi connectivity index (χ3n) is 4.28. The van der Waals surface area contributed by atoms with E-state index in [2.05, 4.69) is 5.10 Å². The summed E-state index contributed by atoms with van der Waals surface area (Å²) < 4.78 is 7.38. The van der Waals surface area contributed by atoms with Crippen LogP contribution in [0.5, 0.6) is 5.75 Å². The first-order chi connectivity index (χ1) is 12.0. The summed E-state index contributed by atoms with van der Waals surface area (Å²) in [7, 11) is 0. The maximum absolute atomic E-state index is 11.7. The van der Waals surface area contributed by atoms with Gasteiger partial charge < -0.3 is 9.84 Å². The van der Waals surface area contributed by atoms with Gasteiger partial charge in [-0.15, -0.1) is 0 Å². The molecule has 0 amide bonds. The molecule has 25 heavy (non-hydrogen) atoms. The van der Waals surface area contributed by atoms with E-state index in [1.54, 1.807) is 11.6 Å². The van der Waals surface area contributed by atoms with Crippen molar-refractivity contribution in [2.75, 3.05) is 6.61 Å². The lowest BCUT2D eigenvalue weighted by Gasteiger charge is -2.14. The number of aliphatic hydroxyl groups excluding tert-OH is 1. The molecule has 5 heteroatoms. The summed E-state index contributed by atoms with van der Waals surface area (Å²) >= 11 is 0. The predicted octanol–water partition coefficient (Wildman–Crippen LogP) is 3.30. The molecule has 0 aliphatic carbocycles. The fourth-order valence-electron chi connectivity index (χ4n) is 3.09. The molecule has 0 unspecified atom stereocenters. The Hall–Kier alpha value is -2.66. The van der Waals surface area contributed by atoms with Crippen LogP contribution < -0.4 is 4.74 Å². The van der Waals surface area contributed by atoms with E-state index in [9.17, 15) is 9.90 Å². The van der Waals surface area contributed by atoms with Gasteiger partial charge in [0.05, 0.1) is 17.8 Å². The van der Waals surface area contributed by atoms with Crippen LogP contribution in [0.3, 0.4) is 0 Å². The minimum atomic E-state index is -0.718. The zero-order valence-corrected chi connectivity index (χ0v) is 14.7. The maximum atomic E-state index is 11.7. The Labute approximate surface area is 146 Å². The molecule has 2 aromatic carbocycles. The molecule has 0 fully saturated rings. The molecule has 1 aromatic heterocycles. The first-order valence-corrected chi connectivity index (χ1v) is 8.30. The van der Waals surface area contributed by atoms with Crippen molar-refractivity contribution in [2.45, 2.75) is 33.4 Å². The minimum Gasteiger partial charge on any atom is -0.491 e. The van der Waals surface area contributed by atoms with Gasteiger partial charge in [0.1, 0.15) is 18.5 Å². The van der Waals surface area contributed by atoms with Crippen molar-refractivity contribution in [2.24, 2.45) is 0 Å². The largest absolute Gasteiger partial charge is 0.491 e. The van der Waals surface area contributed by atoms with Crippen LogP contribution in [0.15, 0.2) is 42.5 Å². The first kappa shape index (κ1) is 17.2. The summed E-state index contributed by atoms with van der Waals surface area (Å²) in [6.07, 6.45) is -0.718. The molecule has 130 valence electrons. The van der Waals surface area contributed by atoms with Gasteiger partial charge in [0.15, 0.2) is 5.78 Å². The summed E-state index contributed by atoms with van der Waals surface area (Å²) in [5.41, 5.74) is 2.09. The number of carbonyl (C=O) groups is 1. The molecule has 0 saturated carbocycles. The molecule has 5 nitrogen and oxygen atoms in total. The van der Waals surface area contributed by atoms with Gasteiger partial charge in [-0.1, -0.05) is 30.3 Å². The minimum absolute atomic E-state index is 0.0110. The smallest absolute Gasteiger partial charge is 0.163 e. The van der Waals surface area contributed by atoms with Crippen molar-refractivity contribution in [3.63, 3.8) is 0 Å². The van der Waals surface area contributed by atoms with Crippen LogP contribution >= 0.6 is 0 Å². The molecule has 0 bridgehead atoms. The highest BCUT2D eigenvalue weighted by Crippen LogP contribution is 2.21. The average Bonchev–Trinajstić information content (AvgIpc) is 2.86. The van der Waals surface area contributed by atoms with E-state index < -0.39 is 6.10 Å². The fraction of sp³-hybridized carbons (Fsp3) is 0.300. The van der Waals surface area contributed by atoms with Crippen LogP contribution in [0, 0.1) is 13.8 Å². The van der Waals surface area contributed by atoms with Crippen molar-refractivity contribution in [3.8, 4) is 5.75 Å². The number of Topliss-reactive ketones (excluding diaryl/α,β-unsaturated/α-hetero) is 1. The number of aromatic nitrogens is 2. The number of hydrogen-bond acceptors (Lipinski definition) is 4. The molecular weight excluding hydrogens is 316 g/mol. The van der Waals surface area contributed by atoms with E-state index >= 15 is 0 Å². The highest BCUT2D eigenvalue weighted by molar-refractivity contribution is 5.96. The lowest BCUT2D eigenvalue weighted by atomic mass is 10.1. The van der Waals surface area contributed by atoms with Gasteiger partial charge in [0.25, 0.3) is 0 Å². The number of hydrogen-bond donors (Lipinski definition) is 1. The van der Waals surface area contributed by atoms with E-state index in [4.69, 9.17) is 4.74 Å². The third-order valence-corrected chi connectivity index (χ3v) is 4.28. The summed E-state index contributed by atoms with van der Waals surface area (Å²) in [5, 5.41) is 16.9. The van der Waals surface area contributed by atoms with Crippen molar-refractivity contribution in [3.05, 3.63) is 59.4 Å². The fourth-order valence-corrected chi connectivity index (χ4v) is 3.09. The standard InChI is InChI=1S/C20H22N2O3/c1-13-20(15(3)23)14(2)22(21-13)11-18(24)12-25-19-9-8-16-6-4-5-7-17(16)10-19/h4-10,18,24H,11-12H2,1-3H3/t18-/m0/s1. The summed E-state index contributed by atoms with van der Waals surface area (Å²) in [6, 6.07) is 13.9. The predicted molar refractivity (Wildman–Crippen MR) is 97.2 cm³/mol. The lowest BCUT2D eigenvalue weighted by molar-refractivity contribution is 0.0886. The SMILES string of the molecule is CC(=O)c1c(C)nn(C[C@H](O)COc2ccc3ccccc3c2)c1C. The number of ketones is 1. The zero-order chi connectivity index (χ0) is 18.0. The normalized spacial score (nSPS) is 12.3. The molecule has 3 rings (SSSR count). The molecule has 0 aliphatic heterocycles. The van der Waals surface area contributed by atoms with Crippen molar-refractivity contribution in [1.82, 2.24) is 9.78 Å². The van der Waals surface area contributed by atoms with Crippen LogP contribution in [0.2, 0.25) is 0 Å². The van der Waals surface area contributed by atoms with E-state index in [-0.39, 0.29) is 18.9 Å². The molecule has 3 aromatic rings. The van der Waals surface area contributed by atoms with Gasteiger partial charge in [-0.05, 0) is 43.7 Å². The third kappa shape index (κ3) is 3.72. The van der Waals surface area contributed by atoms with Gasteiger partial charge >= 0.3 is 0 Å². The van der Waals surface area contributed by atoms with Gasteiger partial charge in [-0.25, -0.2) is 0 Å². The van der Waals surface area contributed by atoms with Crippen LogP contribution in [-0.4, -0.2) is 33.4 Å². The van der Waals surface area contributed by atoms with E-state index in [1.165, 1.54) is 6.92 Å². The van der Waals surface area contributed by atoms with Gasteiger partial charge in [0.2, 0.25) is 0 Å². The quantitative estimate of drug-likeness (QED) is 0.701. The van der Waals surface area contributed by atoms with E-state index in [1.807, 2.05) is 49.4 Å². The number of aryl methyl sites for hydroxylation is 1. The Kier molecular flexibility index (Phi) is 4.86. The molecule has 0 aliphatic rings. The summed E-state index contributed by atoms with van der Waals surface area (Å²) in [6.45, 7) is 5.62. The number of benzene rings is 2. The number of nitrogens with zero attached hydrogens (tertiary/aromatic N) is 2. The van der Waals surface area contributed by atoms with Gasteiger partial charge in [-0.2, -0.15) is 5.10 Å². The Morgan fingerprint density at radius 2 is 1.92 bits per heavy atom. The summed E-state index contributed by atoms with van der Waals surface area (Å²) in [5.74, 6) is 0.707. The zero-order valence-electron chi connectivity index (χ0n) is 14.7. The molecule has 1 heterocycles. The maximum Gasteiger partial charge on any atom is 0.163 e. The van der Waals surface area contributed by atoms with Crippen molar-refractivity contribution in [1.29, 1.82) is 0 Å². The molecular formula is C20H22N2O3. The highest BCUT2D eigenvalue weighted by Gasteiger charge is 2.17. The van der Waals surface area contributed by atoms with Crippen LogP contribution in [-0.2, 0) is 6.54 Å². The van der Waals surface area contributed by atoms with Crippen LogP contribution in [0.1, 0.15) is 28.7 Å². The Morgan fingerprint density at radius 3 is 2.60 bits per heavy atom. The topological polar surface area (TPSA) is 64.4 Å². The van der Waals surface area contributed by atoms with E-state index in [0.29, 0.717) is 11.3 Å². The second-order valence-electron chi connectivity index (χ2n) is 6.26. The van der Waals surface area contributed by atoms with Crippen molar-refractivity contribution < 1.29 is 14.6 Å². The average molecular weight is 338 g/mol. The van der Waals surface area contributed by atoms with Gasteiger partial charge in [-0.3, -0.25) is 9.48 Å².